The van der Waals surface area contributed by atoms with Crippen LogP contribution in [0.3, 0.4) is 0 Å². The molecule has 0 spiro atoms. The third-order valence-electron chi connectivity index (χ3n) is 5.71. The minimum atomic E-state index is -1.01. The number of carbonyl (C=O) groups excluding carboxylic acids is 1. The molecule has 2 aromatic carbocycles. The van der Waals surface area contributed by atoms with Gasteiger partial charge in [0.2, 0.25) is 12.4 Å². The Bertz CT molecular complexity index is 1150. The zero-order valence-electron chi connectivity index (χ0n) is 19.5. The van der Waals surface area contributed by atoms with E-state index in [1.165, 1.54) is 11.0 Å². The van der Waals surface area contributed by atoms with Crippen LogP contribution in [0.25, 0.3) is 0 Å². The number of rotatable bonds is 10. The molecule has 0 bridgehead atoms. The molecule has 4 rings (SSSR count). The first-order chi connectivity index (χ1) is 17.1. The first kappa shape index (κ1) is 24.0. The lowest BCUT2D eigenvalue weighted by atomic mass is 10.1. The predicted molar refractivity (Wildman–Crippen MR) is 131 cm³/mol. The average molecular weight is 477 g/mol. The number of aromatic nitrogens is 2. The minimum Gasteiger partial charge on any atom is -0.490 e. The Morgan fingerprint density at radius 1 is 1.17 bits per heavy atom. The van der Waals surface area contributed by atoms with E-state index in [4.69, 9.17) is 9.47 Å². The van der Waals surface area contributed by atoms with Crippen LogP contribution in [0.15, 0.2) is 60.9 Å². The van der Waals surface area contributed by atoms with Crippen LogP contribution in [-0.2, 0) is 11.3 Å². The molecule has 9 heteroatoms. The van der Waals surface area contributed by atoms with Crippen LogP contribution >= 0.6 is 0 Å². The number of hydrogen-bond acceptors (Lipinski definition) is 7. The second kappa shape index (κ2) is 11.3. The number of nitrogens with zero attached hydrogens (tertiary/aromatic N) is 4. The number of anilines is 2. The number of para-hydroxylation sites is 2. The van der Waals surface area contributed by atoms with Crippen LogP contribution < -0.4 is 19.3 Å². The summed E-state index contributed by atoms with van der Waals surface area (Å²) in [7, 11) is 0. The summed E-state index contributed by atoms with van der Waals surface area (Å²) < 4.78 is 11.9. The summed E-state index contributed by atoms with van der Waals surface area (Å²) in [5.74, 6) is 1.02. The molecule has 0 aliphatic carbocycles. The molecule has 1 aliphatic rings. The second-order valence-corrected chi connectivity index (χ2v) is 8.19. The number of carboxylic acids is 1. The lowest BCUT2D eigenvalue weighted by Crippen LogP contribution is -2.42. The zero-order valence-corrected chi connectivity index (χ0v) is 19.5. The standard InChI is InChI=1S/C26H28N4O5/c1-2-34-23-10-3-4-11-24(23)35-22-9-6-12-29(17-22)26-27-14-21(15-28-26)30(18-31)16-19-7-5-8-20(13-19)25(32)33/h3-5,7-8,10-11,13-15,18,22H,2,6,9,12,16-17H2,1H3,(H,32,33). The Hall–Kier alpha value is -4.14. The molecule has 1 N–H and O–H groups in total. The van der Waals surface area contributed by atoms with Gasteiger partial charge in [-0.05, 0) is 49.6 Å². The highest BCUT2D eigenvalue weighted by molar-refractivity contribution is 5.87. The van der Waals surface area contributed by atoms with Crippen molar-refractivity contribution in [2.75, 3.05) is 29.5 Å². The summed E-state index contributed by atoms with van der Waals surface area (Å²) in [6, 6.07) is 14.2. The summed E-state index contributed by atoms with van der Waals surface area (Å²) in [6.45, 7) is 4.18. The Balaban J connectivity index is 1.41. The SMILES string of the molecule is CCOc1ccccc1OC1CCCN(c2ncc(N(C=O)Cc3cccc(C(=O)O)c3)cn2)C1. The van der Waals surface area contributed by atoms with E-state index in [2.05, 4.69) is 14.9 Å². The van der Waals surface area contributed by atoms with Crippen molar-refractivity contribution in [1.82, 2.24) is 9.97 Å². The molecule has 0 saturated carbocycles. The van der Waals surface area contributed by atoms with Crippen LogP contribution in [0.1, 0.15) is 35.7 Å². The summed E-state index contributed by atoms with van der Waals surface area (Å²) in [5, 5.41) is 9.19. The van der Waals surface area contributed by atoms with Gasteiger partial charge in [0.15, 0.2) is 11.5 Å². The Labute approximate surface area is 203 Å². The monoisotopic (exact) mass is 476 g/mol. The van der Waals surface area contributed by atoms with Crippen molar-refractivity contribution in [3.63, 3.8) is 0 Å². The fourth-order valence-electron chi connectivity index (χ4n) is 4.03. The highest BCUT2D eigenvalue weighted by atomic mass is 16.5. The second-order valence-electron chi connectivity index (χ2n) is 8.19. The summed E-state index contributed by atoms with van der Waals surface area (Å²) >= 11 is 0. The van der Waals surface area contributed by atoms with E-state index >= 15 is 0 Å². The summed E-state index contributed by atoms with van der Waals surface area (Å²) in [6.07, 6.45) is 5.73. The van der Waals surface area contributed by atoms with Crippen LogP contribution in [0.5, 0.6) is 11.5 Å². The van der Waals surface area contributed by atoms with E-state index in [1.807, 2.05) is 31.2 Å². The van der Waals surface area contributed by atoms with Crippen molar-refractivity contribution in [3.8, 4) is 11.5 Å². The number of benzene rings is 2. The maximum Gasteiger partial charge on any atom is 0.335 e. The Morgan fingerprint density at radius 3 is 2.66 bits per heavy atom. The average Bonchev–Trinajstić information content (AvgIpc) is 2.89. The maximum atomic E-state index is 11.7. The number of amides is 1. The zero-order chi connectivity index (χ0) is 24.6. The normalized spacial score (nSPS) is 15.3. The molecular weight excluding hydrogens is 448 g/mol. The lowest BCUT2D eigenvalue weighted by Gasteiger charge is -2.33. The number of carbonyl (C=O) groups is 2. The molecule has 1 amide bonds. The van der Waals surface area contributed by atoms with Gasteiger partial charge in [-0.15, -0.1) is 0 Å². The van der Waals surface area contributed by atoms with Gasteiger partial charge in [-0.25, -0.2) is 14.8 Å². The molecule has 1 aromatic heterocycles. The van der Waals surface area contributed by atoms with Crippen molar-refractivity contribution >= 4 is 24.0 Å². The molecule has 3 aromatic rings. The van der Waals surface area contributed by atoms with E-state index in [0.717, 1.165) is 30.9 Å². The van der Waals surface area contributed by atoms with Crippen LogP contribution in [-0.4, -0.2) is 53.3 Å². The molecule has 0 radical (unpaired) electrons. The fourth-order valence-corrected chi connectivity index (χ4v) is 4.03. The lowest BCUT2D eigenvalue weighted by molar-refractivity contribution is -0.107. The van der Waals surface area contributed by atoms with Crippen molar-refractivity contribution in [3.05, 3.63) is 72.1 Å². The molecule has 1 saturated heterocycles. The minimum absolute atomic E-state index is 0.0263. The van der Waals surface area contributed by atoms with Gasteiger partial charge in [0.05, 0.1) is 43.3 Å². The van der Waals surface area contributed by atoms with Crippen molar-refractivity contribution < 1.29 is 24.2 Å². The first-order valence-electron chi connectivity index (χ1n) is 11.6. The summed E-state index contributed by atoms with van der Waals surface area (Å²) in [4.78, 5) is 35.4. The third kappa shape index (κ3) is 6.06. The smallest absolute Gasteiger partial charge is 0.335 e. The highest BCUT2D eigenvalue weighted by Gasteiger charge is 2.24. The van der Waals surface area contributed by atoms with Crippen molar-refractivity contribution in [1.29, 1.82) is 0 Å². The quantitative estimate of drug-likeness (QED) is 0.441. The van der Waals surface area contributed by atoms with Gasteiger partial charge >= 0.3 is 5.97 Å². The van der Waals surface area contributed by atoms with Gasteiger partial charge < -0.3 is 24.4 Å². The molecule has 35 heavy (non-hydrogen) atoms. The number of ether oxygens (including phenoxy) is 2. The van der Waals surface area contributed by atoms with Crippen LogP contribution in [0, 0.1) is 0 Å². The van der Waals surface area contributed by atoms with Crippen LogP contribution in [0.4, 0.5) is 11.6 Å². The first-order valence-corrected chi connectivity index (χ1v) is 11.6. The number of carboxylic acid groups (broad SMARTS) is 1. The van der Waals surface area contributed by atoms with Gasteiger partial charge in [0, 0.05) is 6.54 Å². The van der Waals surface area contributed by atoms with E-state index in [1.54, 1.807) is 30.6 Å². The van der Waals surface area contributed by atoms with Crippen LogP contribution in [0.2, 0.25) is 0 Å². The third-order valence-corrected chi connectivity index (χ3v) is 5.71. The maximum absolute atomic E-state index is 11.7. The highest BCUT2D eigenvalue weighted by Crippen LogP contribution is 2.29. The molecule has 1 unspecified atom stereocenters. The van der Waals surface area contributed by atoms with E-state index < -0.39 is 5.97 Å². The molecule has 1 fully saturated rings. The van der Waals surface area contributed by atoms with Crippen molar-refractivity contribution in [2.24, 2.45) is 0 Å². The van der Waals surface area contributed by atoms with Gasteiger partial charge in [0.25, 0.3) is 0 Å². The van der Waals surface area contributed by atoms with E-state index in [9.17, 15) is 14.7 Å². The van der Waals surface area contributed by atoms with Gasteiger partial charge in [-0.1, -0.05) is 24.3 Å². The predicted octanol–water partition coefficient (Wildman–Crippen LogP) is 3.78. The molecule has 2 heterocycles. The number of aromatic carboxylic acids is 1. The van der Waals surface area contributed by atoms with Gasteiger partial charge in [0.1, 0.15) is 6.10 Å². The summed E-state index contributed by atoms with van der Waals surface area (Å²) in [5.41, 5.74) is 1.40. The van der Waals surface area contributed by atoms with Gasteiger partial charge in [-0.2, -0.15) is 0 Å². The van der Waals surface area contributed by atoms with Crippen molar-refractivity contribution in [2.45, 2.75) is 32.4 Å². The van der Waals surface area contributed by atoms with Gasteiger partial charge in [-0.3, -0.25) is 4.79 Å². The topological polar surface area (TPSA) is 105 Å². The molecule has 1 atom stereocenters. The number of piperidine rings is 1. The van der Waals surface area contributed by atoms with E-state index in [0.29, 0.717) is 36.8 Å². The molecule has 182 valence electrons. The van der Waals surface area contributed by atoms with E-state index in [-0.39, 0.29) is 18.2 Å². The molecule has 9 nitrogen and oxygen atoms in total. The Morgan fingerprint density at radius 2 is 1.94 bits per heavy atom. The fraction of sp³-hybridized carbons (Fsp3) is 0.308. The molecule has 1 aliphatic heterocycles. The largest absolute Gasteiger partial charge is 0.490 e. The molecular formula is C26H28N4O5. The Kier molecular flexibility index (Phi) is 7.77. The number of hydrogen-bond donors (Lipinski definition) is 1.